The zero-order chi connectivity index (χ0) is 13.8. The highest BCUT2D eigenvalue weighted by Crippen LogP contribution is 2.26. The molecule has 1 rings (SSSR count). The van der Waals surface area contributed by atoms with Gasteiger partial charge >= 0.3 is 0 Å². The van der Waals surface area contributed by atoms with E-state index >= 15 is 0 Å². The Hall–Kier alpha value is -1.78. The van der Waals surface area contributed by atoms with Crippen molar-refractivity contribution in [3.8, 4) is 5.75 Å². The van der Waals surface area contributed by atoms with Gasteiger partial charge in [-0.25, -0.2) is 4.98 Å². The third kappa shape index (κ3) is 4.61. The maximum atomic E-state index is 11.0. The van der Waals surface area contributed by atoms with Crippen LogP contribution in [0.25, 0.3) is 0 Å². The average molecular weight is 251 g/mol. The molecule has 0 aromatic carbocycles. The fraction of sp³-hybridized carbons (Fsp3) is 0.538. The number of hydrogen-bond acceptors (Lipinski definition) is 4. The maximum Gasteiger partial charge on any atom is 0.219 e. The fourth-order valence-corrected chi connectivity index (χ4v) is 1.63. The standard InChI is InChI=1S/C13H21N3O2/c1-9(2)18-10-6-5-7-15-12(10)16-13(3,4)8-11(14)17/h5-7,9H,8H2,1-4H3,(H2,14,17)(H,15,16). The Labute approximate surface area is 108 Å². The van der Waals surface area contributed by atoms with E-state index in [4.69, 9.17) is 10.5 Å². The largest absolute Gasteiger partial charge is 0.487 e. The van der Waals surface area contributed by atoms with E-state index in [0.717, 1.165) is 0 Å². The summed E-state index contributed by atoms with van der Waals surface area (Å²) in [5.41, 5.74) is 4.76. The number of carbonyl (C=O) groups is 1. The first-order valence-corrected chi connectivity index (χ1v) is 5.98. The van der Waals surface area contributed by atoms with E-state index in [1.807, 2.05) is 39.8 Å². The predicted molar refractivity (Wildman–Crippen MR) is 71.5 cm³/mol. The molecule has 0 fully saturated rings. The van der Waals surface area contributed by atoms with Gasteiger partial charge in [-0.2, -0.15) is 0 Å². The van der Waals surface area contributed by atoms with E-state index in [9.17, 15) is 4.79 Å². The van der Waals surface area contributed by atoms with E-state index < -0.39 is 5.54 Å². The van der Waals surface area contributed by atoms with Gasteiger partial charge in [0, 0.05) is 18.2 Å². The molecule has 0 unspecified atom stereocenters. The van der Waals surface area contributed by atoms with E-state index in [1.54, 1.807) is 6.20 Å². The van der Waals surface area contributed by atoms with Gasteiger partial charge in [0.25, 0.3) is 0 Å². The number of rotatable bonds is 6. The highest BCUT2D eigenvalue weighted by molar-refractivity contribution is 5.75. The third-order valence-corrected chi connectivity index (χ3v) is 2.21. The number of carbonyl (C=O) groups excluding carboxylic acids is 1. The summed E-state index contributed by atoms with van der Waals surface area (Å²) in [6, 6.07) is 3.65. The Balaban J connectivity index is 2.86. The molecule has 0 atom stereocenters. The first-order chi connectivity index (χ1) is 8.30. The van der Waals surface area contributed by atoms with Crippen molar-refractivity contribution in [3.05, 3.63) is 18.3 Å². The smallest absolute Gasteiger partial charge is 0.219 e. The molecule has 5 heteroatoms. The topological polar surface area (TPSA) is 77.2 Å². The van der Waals surface area contributed by atoms with Gasteiger partial charge in [-0.05, 0) is 39.8 Å². The molecule has 0 aliphatic carbocycles. The van der Waals surface area contributed by atoms with Crippen molar-refractivity contribution >= 4 is 11.7 Å². The Bertz CT molecular complexity index is 416. The highest BCUT2D eigenvalue weighted by Gasteiger charge is 2.22. The van der Waals surface area contributed by atoms with Crippen molar-refractivity contribution in [2.75, 3.05) is 5.32 Å². The van der Waals surface area contributed by atoms with Gasteiger partial charge in [0.1, 0.15) is 0 Å². The Morgan fingerprint density at radius 1 is 1.56 bits per heavy atom. The van der Waals surface area contributed by atoms with Crippen molar-refractivity contribution in [2.45, 2.75) is 45.8 Å². The minimum absolute atomic E-state index is 0.0639. The Morgan fingerprint density at radius 2 is 2.22 bits per heavy atom. The second-order valence-corrected chi connectivity index (χ2v) is 5.17. The number of nitrogens with one attached hydrogen (secondary N) is 1. The van der Waals surface area contributed by atoms with Crippen LogP contribution in [0.3, 0.4) is 0 Å². The quantitative estimate of drug-likeness (QED) is 0.810. The number of nitrogens with two attached hydrogens (primary N) is 1. The van der Waals surface area contributed by atoms with Crippen LogP contribution >= 0.6 is 0 Å². The van der Waals surface area contributed by atoms with Crippen LogP contribution in [-0.2, 0) is 4.79 Å². The van der Waals surface area contributed by atoms with Gasteiger partial charge < -0.3 is 15.8 Å². The Morgan fingerprint density at radius 3 is 2.78 bits per heavy atom. The summed E-state index contributed by atoms with van der Waals surface area (Å²) in [6.07, 6.45) is 1.97. The lowest BCUT2D eigenvalue weighted by Gasteiger charge is -2.26. The number of anilines is 1. The lowest BCUT2D eigenvalue weighted by Crippen LogP contribution is -2.36. The molecule has 0 spiro atoms. The summed E-state index contributed by atoms with van der Waals surface area (Å²) in [6.45, 7) is 7.69. The van der Waals surface area contributed by atoms with Gasteiger partial charge in [-0.1, -0.05) is 0 Å². The SMILES string of the molecule is CC(C)Oc1cccnc1NC(C)(C)CC(N)=O. The summed E-state index contributed by atoms with van der Waals surface area (Å²) in [5, 5.41) is 3.19. The van der Waals surface area contributed by atoms with Gasteiger partial charge in [-0.3, -0.25) is 4.79 Å². The van der Waals surface area contributed by atoms with E-state index in [-0.39, 0.29) is 18.4 Å². The number of primary amides is 1. The van der Waals surface area contributed by atoms with Crippen LogP contribution in [-0.4, -0.2) is 22.5 Å². The van der Waals surface area contributed by atoms with Crippen molar-refractivity contribution in [2.24, 2.45) is 5.73 Å². The number of pyridine rings is 1. The van der Waals surface area contributed by atoms with E-state index in [1.165, 1.54) is 0 Å². The van der Waals surface area contributed by atoms with Crippen molar-refractivity contribution in [3.63, 3.8) is 0 Å². The summed E-state index contributed by atoms with van der Waals surface area (Å²) >= 11 is 0. The number of aromatic nitrogens is 1. The zero-order valence-corrected chi connectivity index (χ0v) is 11.4. The molecule has 0 bridgehead atoms. The first kappa shape index (κ1) is 14.3. The molecule has 0 saturated carbocycles. The van der Waals surface area contributed by atoms with E-state index in [2.05, 4.69) is 10.3 Å². The molecule has 0 radical (unpaired) electrons. The van der Waals surface area contributed by atoms with E-state index in [0.29, 0.717) is 11.6 Å². The summed E-state index contributed by atoms with van der Waals surface area (Å²) in [5.74, 6) is 0.942. The molecule has 1 aromatic rings. The molecule has 0 aliphatic heterocycles. The molecule has 1 aromatic heterocycles. The van der Waals surface area contributed by atoms with Crippen molar-refractivity contribution in [1.82, 2.24) is 4.98 Å². The normalized spacial score (nSPS) is 11.4. The third-order valence-electron chi connectivity index (χ3n) is 2.21. The molecule has 18 heavy (non-hydrogen) atoms. The summed E-state index contributed by atoms with van der Waals surface area (Å²) in [4.78, 5) is 15.2. The summed E-state index contributed by atoms with van der Waals surface area (Å²) in [7, 11) is 0. The van der Waals surface area contributed by atoms with Gasteiger partial charge in [0.05, 0.1) is 6.10 Å². The molecule has 0 saturated heterocycles. The molecular formula is C13H21N3O2. The fourth-order valence-electron chi connectivity index (χ4n) is 1.63. The monoisotopic (exact) mass is 251 g/mol. The van der Waals surface area contributed by atoms with Crippen molar-refractivity contribution in [1.29, 1.82) is 0 Å². The zero-order valence-electron chi connectivity index (χ0n) is 11.4. The molecule has 100 valence electrons. The minimum Gasteiger partial charge on any atom is -0.487 e. The number of amides is 1. The predicted octanol–water partition coefficient (Wildman–Crippen LogP) is 1.93. The molecule has 3 N–H and O–H groups in total. The number of hydrogen-bond donors (Lipinski definition) is 2. The average Bonchev–Trinajstić information content (AvgIpc) is 2.17. The minimum atomic E-state index is -0.463. The van der Waals surface area contributed by atoms with Crippen LogP contribution in [0.5, 0.6) is 5.75 Å². The van der Waals surface area contributed by atoms with Crippen LogP contribution in [0.1, 0.15) is 34.1 Å². The van der Waals surface area contributed by atoms with Crippen LogP contribution in [0.2, 0.25) is 0 Å². The molecular weight excluding hydrogens is 230 g/mol. The molecule has 1 heterocycles. The maximum absolute atomic E-state index is 11.0. The number of nitrogens with zero attached hydrogens (tertiary/aromatic N) is 1. The van der Waals surface area contributed by atoms with Crippen LogP contribution in [0.4, 0.5) is 5.82 Å². The van der Waals surface area contributed by atoms with Gasteiger partial charge in [-0.15, -0.1) is 0 Å². The lowest BCUT2D eigenvalue weighted by atomic mass is 10.0. The van der Waals surface area contributed by atoms with Crippen molar-refractivity contribution < 1.29 is 9.53 Å². The van der Waals surface area contributed by atoms with Gasteiger partial charge in [0.2, 0.25) is 5.91 Å². The van der Waals surface area contributed by atoms with Crippen LogP contribution in [0.15, 0.2) is 18.3 Å². The Kier molecular flexibility index (Phi) is 4.53. The summed E-state index contributed by atoms with van der Waals surface area (Å²) < 4.78 is 5.66. The molecule has 5 nitrogen and oxygen atoms in total. The second kappa shape index (κ2) is 5.71. The molecule has 0 aliphatic rings. The van der Waals surface area contributed by atoms with Crippen LogP contribution in [0, 0.1) is 0 Å². The highest BCUT2D eigenvalue weighted by atomic mass is 16.5. The number of ether oxygens (including phenoxy) is 1. The van der Waals surface area contributed by atoms with Gasteiger partial charge in [0.15, 0.2) is 11.6 Å². The second-order valence-electron chi connectivity index (χ2n) is 5.17. The lowest BCUT2D eigenvalue weighted by molar-refractivity contribution is -0.118. The molecule has 1 amide bonds. The van der Waals surface area contributed by atoms with Crippen LogP contribution < -0.4 is 15.8 Å². The first-order valence-electron chi connectivity index (χ1n) is 5.98.